The van der Waals surface area contributed by atoms with Gasteiger partial charge in [0, 0.05) is 6.04 Å². The zero-order valence-corrected chi connectivity index (χ0v) is 7.72. The Hall–Kier alpha value is -0.0800. The summed E-state index contributed by atoms with van der Waals surface area (Å²) in [5, 5.41) is 13.4. The van der Waals surface area contributed by atoms with Crippen molar-refractivity contribution in [3.05, 3.63) is 0 Å². The van der Waals surface area contributed by atoms with Crippen molar-refractivity contribution in [1.29, 1.82) is 0 Å². The van der Waals surface area contributed by atoms with Crippen LogP contribution < -0.4 is 5.32 Å². The predicted molar refractivity (Wildman–Crippen MR) is 46.5 cm³/mol. The molecule has 0 spiro atoms. The fourth-order valence-corrected chi connectivity index (χ4v) is 1.59. The minimum absolute atomic E-state index is 0.308. The van der Waals surface area contributed by atoms with Gasteiger partial charge in [0.25, 0.3) is 0 Å². The van der Waals surface area contributed by atoms with Gasteiger partial charge in [-0.25, -0.2) is 0 Å². The number of aliphatic hydroxyl groups is 1. The number of hydrogen-bond acceptors (Lipinski definition) is 2. The van der Waals surface area contributed by atoms with E-state index in [9.17, 15) is 5.11 Å². The zero-order chi connectivity index (χ0) is 8.48. The van der Waals surface area contributed by atoms with Crippen LogP contribution in [0.15, 0.2) is 0 Å². The summed E-state index contributed by atoms with van der Waals surface area (Å²) in [6.45, 7) is 7.13. The van der Waals surface area contributed by atoms with E-state index in [1.165, 1.54) is 6.42 Å². The molecule has 1 rings (SSSR count). The van der Waals surface area contributed by atoms with E-state index in [4.69, 9.17) is 0 Å². The monoisotopic (exact) mass is 157 g/mol. The Morgan fingerprint density at radius 1 is 1.55 bits per heavy atom. The predicted octanol–water partition coefficient (Wildman–Crippen LogP) is 1.15. The van der Waals surface area contributed by atoms with E-state index >= 15 is 0 Å². The third-order valence-corrected chi connectivity index (χ3v) is 2.93. The van der Waals surface area contributed by atoms with Crippen LogP contribution in [0.25, 0.3) is 0 Å². The van der Waals surface area contributed by atoms with Crippen LogP contribution in [-0.2, 0) is 0 Å². The molecule has 0 aromatic rings. The summed E-state index contributed by atoms with van der Waals surface area (Å²) in [5.41, 5.74) is -0.531. The first-order chi connectivity index (χ1) is 5.05. The molecule has 2 atom stereocenters. The maximum Gasteiger partial charge on any atom is 0.0794 e. The average molecular weight is 157 g/mol. The van der Waals surface area contributed by atoms with E-state index in [-0.39, 0.29) is 0 Å². The van der Waals surface area contributed by atoms with Crippen molar-refractivity contribution in [2.75, 3.05) is 6.54 Å². The number of nitrogens with one attached hydrogen (secondary N) is 1. The molecule has 0 unspecified atom stereocenters. The highest BCUT2D eigenvalue weighted by Crippen LogP contribution is 2.25. The summed E-state index contributed by atoms with van der Waals surface area (Å²) in [6, 6.07) is 0.308. The Bertz CT molecular complexity index is 126. The van der Waals surface area contributed by atoms with Crippen molar-refractivity contribution in [1.82, 2.24) is 5.32 Å². The molecule has 1 saturated heterocycles. The molecule has 0 amide bonds. The number of rotatable bonds is 2. The van der Waals surface area contributed by atoms with Crippen molar-refractivity contribution in [3.63, 3.8) is 0 Å². The largest absolute Gasteiger partial charge is 0.388 e. The topological polar surface area (TPSA) is 32.3 Å². The maximum absolute atomic E-state index is 10.0. The minimum atomic E-state index is -0.531. The van der Waals surface area contributed by atoms with Gasteiger partial charge in [-0.15, -0.1) is 0 Å². The highest BCUT2D eigenvalue weighted by Gasteiger charge is 2.36. The summed E-state index contributed by atoms with van der Waals surface area (Å²) in [5.74, 6) is 0.332. The first-order valence-electron chi connectivity index (χ1n) is 4.51. The summed E-state index contributed by atoms with van der Waals surface area (Å²) in [6.07, 6.45) is 2.32. The fourth-order valence-electron chi connectivity index (χ4n) is 1.59. The second-order valence-corrected chi connectivity index (χ2v) is 4.03. The van der Waals surface area contributed by atoms with Crippen molar-refractivity contribution < 1.29 is 5.11 Å². The van der Waals surface area contributed by atoms with Crippen LogP contribution in [0.1, 0.15) is 33.6 Å². The second-order valence-electron chi connectivity index (χ2n) is 4.03. The van der Waals surface area contributed by atoms with Crippen LogP contribution in [-0.4, -0.2) is 23.3 Å². The number of hydrogen-bond donors (Lipinski definition) is 2. The normalized spacial score (nSPS) is 30.8. The van der Waals surface area contributed by atoms with E-state index in [2.05, 4.69) is 19.2 Å². The lowest BCUT2D eigenvalue weighted by atomic mass is 9.84. The van der Waals surface area contributed by atoms with Gasteiger partial charge in [0.15, 0.2) is 0 Å². The van der Waals surface area contributed by atoms with Crippen LogP contribution in [0.5, 0.6) is 0 Å². The summed E-state index contributed by atoms with van der Waals surface area (Å²) in [7, 11) is 0. The van der Waals surface area contributed by atoms with Gasteiger partial charge >= 0.3 is 0 Å². The van der Waals surface area contributed by atoms with Crippen LogP contribution in [0.2, 0.25) is 0 Å². The van der Waals surface area contributed by atoms with Crippen molar-refractivity contribution in [3.8, 4) is 0 Å². The fraction of sp³-hybridized carbons (Fsp3) is 1.00. The van der Waals surface area contributed by atoms with E-state index < -0.39 is 5.60 Å². The Morgan fingerprint density at radius 2 is 2.18 bits per heavy atom. The van der Waals surface area contributed by atoms with Crippen molar-refractivity contribution in [2.24, 2.45) is 5.92 Å². The first kappa shape index (κ1) is 9.01. The standard InChI is InChI=1S/C9H19NO/c1-7(2)9(3,11)8-5-4-6-10-8/h7-8,10-11H,4-6H2,1-3H3/t8-,9-/m0/s1. The molecule has 0 aromatic carbocycles. The summed E-state index contributed by atoms with van der Waals surface area (Å²) in [4.78, 5) is 0. The lowest BCUT2D eigenvalue weighted by molar-refractivity contribution is -0.0168. The molecular weight excluding hydrogens is 138 g/mol. The molecule has 0 aromatic heterocycles. The van der Waals surface area contributed by atoms with Gasteiger partial charge in [0.1, 0.15) is 0 Å². The van der Waals surface area contributed by atoms with E-state index in [0.717, 1.165) is 13.0 Å². The lowest BCUT2D eigenvalue weighted by Gasteiger charge is -2.34. The van der Waals surface area contributed by atoms with Crippen LogP contribution in [0, 0.1) is 5.92 Å². The molecule has 2 heteroatoms. The Morgan fingerprint density at radius 3 is 2.55 bits per heavy atom. The molecule has 1 aliphatic rings. The van der Waals surface area contributed by atoms with Crippen molar-refractivity contribution in [2.45, 2.75) is 45.3 Å². The molecule has 0 radical (unpaired) electrons. The molecule has 1 aliphatic heterocycles. The van der Waals surface area contributed by atoms with Gasteiger partial charge in [-0.05, 0) is 32.2 Å². The molecule has 11 heavy (non-hydrogen) atoms. The van der Waals surface area contributed by atoms with E-state index in [1.54, 1.807) is 0 Å². The van der Waals surface area contributed by atoms with Gasteiger partial charge in [-0.1, -0.05) is 13.8 Å². The molecular formula is C9H19NO. The zero-order valence-electron chi connectivity index (χ0n) is 7.72. The molecule has 0 bridgehead atoms. The van der Waals surface area contributed by atoms with Gasteiger partial charge in [0.2, 0.25) is 0 Å². The molecule has 2 N–H and O–H groups in total. The molecule has 66 valence electrons. The van der Waals surface area contributed by atoms with Crippen LogP contribution in [0.4, 0.5) is 0 Å². The highest BCUT2D eigenvalue weighted by molar-refractivity contribution is 4.93. The van der Waals surface area contributed by atoms with Gasteiger partial charge in [-0.2, -0.15) is 0 Å². The smallest absolute Gasteiger partial charge is 0.0794 e. The Kier molecular flexibility index (Phi) is 2.55. The highest BCUT2D eigenvalue weighted by atomic mass is 16.3. The van der Waals surface area contributed by atoms with Crippen LogP contribution >= 0.6 is 0 Å². The van der Waals surface area contributed by atoms with Crippen LogP contribution in [0.3, 0.4) is 0 Å². The Balaban J connectivity index is 2.55. The van der Waals surface area contributed by atoms with Gasteiger partial charge in [0.05, 0.1) is 5.60 Å². The van der Waals surface area contributed by atoms with Gasteiger partial charge < -0.3 is 10.4 Å². The van der Waals surface area contributed by atoms with Crippen molar-refractivity contribution >= 4 is 0 Å². The SMILES string of the molecule is CC(C)[C@](C)(O)[C@@H]1CCCN1. The molecule has 1 fully saturated rings. The third-order valence-electron chi connectivity index (χ3n) is 2.93. The summed E-state index contributed by atoms with van der Waals surface area (Å²) < 4.78 is 0. The van der Waals surface area contributed by atoms with E-state index in [1.807, 2.05) is 6.92 Å². The Labute approximate surface area is 69.0 Å². The molecule has 0 aliphatic carbocycles. The first-order valence-corrected chi connectivity index (χ1v) is 4.51. The lowest BCUT2D eigenvalue weighted by Crippen LogP contribution is -2.49. The van der Waals surface area contributed by atoms with E-state index in [0.29, 0.717) is 12.0 Å². The quantitative estimate of drug-likeness (QED) is 0.630. The second kappa shape index (κ2) is 3.11. The minimum Gasteiger partial charge on any atom is -0.388 e. The molecule has 0 saturated carbocycles. The molecule has 1 heterocycles. The van der Waals surface area contributed by atoms with Gasteiger partial charge in [-0.3, -0.25) is 0 Å². The molecule has 2 nitrogen and oxygen atoms in total. The third kappa shape index (κ3) is 1.74. The maximum atomic E-state index is 10.0. The summed E-state index contributed by atoms with van der Waals surface area (Å²) >= 11 is 0. The average Bonchev–Trinajstić information content (AvgIpc) is 2.37.